The van der Waals surface area contributed by atoms with E-state index in [1.165, 1.54) is 12.3 Å². The summed E-state index contributed by atoms with van der Waals surface area (Å²) in [6.07, 6.45) is 1.37. The number of hydrogen-bond acceptors (Lipinski definition) is 3. The largest absolute Gasteiger partial charge is 0.478 e. The van der Waals surface area contributed by atoms with E-state index < -0.39 is 5.97 Å². The second-order valence-corrected chi connectivity index (χ2v) is 2.45. The molecule has 1 aromatic rings. The zero-order chi connectivity index (χ0) is 9.14. The lowest BCUT2D eigenvalue weighted by atomic mass is 10.1. The van der Waals surface area contributed by atoms with Crippen LogP contribution in [0.1, 0.15) is 21.6 Å². The Hall–Kier alpha value is -1.42. The van der Waals surface area contributed by atoms with Crippen LogP contribution in [0.4, 0.5) is 0 Å². The van der Waals surface area contributed by atoms with E-state index in [0.29, 0.717) is 11.3 Å². The van der Waals surface area contributed by atoms with Gasteiger partial charge in [-0.3, -0.25) is 4.98 Å². The summed E-state index contributed by atoms with van der Waals surface area (Å²) in [6.45, 7) is 1.41. The molecule has 0 fully saturated rings. The maximum Gasteiger partial charge on any atom is 0.336 e. The average molecular weight is 167 g/mol. The molecular weight excluding hydrogens is 158 g/mol. The molecule has 0 aliphatic rings. The molecule has 0 aromatic carbocycles. The van der Waals surface area contributed by atoms with Crippen molar-refractivity contribution in [3.8, 4) is 0 Å². The third kappa shape index (κ3) is 1.60. The number of carboxylic acid groups (broad SMARTS) is 1. The highest BCUT2D eigenvalue weighted by Crippen LogP contribution is 2.08. The first-order chi connectivity index (χ1) is 5.65. The third-order valence-corrected chi connectivity index (χ3v) is 1.52. The van der Waals surface area contributed by atoms with Crippen LogP contribution in [-0.4, -0.2) is 21.2 Å². The maximum atomic E-state index is 10.6. The van der Waals surface area contributed by atoms with Crippen LogP contribution in [0.2, 0.25) is 0 Å². The van der Waals surface area contributed by atoms with Crippen molar-refractivity contribution < 1.29 is 15.0 Å². The van der Waals surface area contributed by atoms with Gasteiger partial charge in [0, 0.05) is 17.5 Å². The minimum Gasteiger partial charge on any atom is -0.478 e. The van der Waals surface area contributed by atoms with Gasteiger partial charge in [-0.25, -0.2) is 4.79 Å². The summed E-state index contributed by atoms with van der Waals surface area (Å²) in [4.78, 5) is 14.5. The molecule has 12 heavy (non-hydrogen) atoms. The van der Waals surface area contributed by atoms with Crippen LogP contribution in [-0.2, 0) is 6.61 Å². The third-order valence-electron chi connectivity index (χ3n) is 1.52. The number of aryl methyl sites for hydroxylation is 1. The van der Waals surface area contributed by atoms with Gasteiger partial charge in [0.2, 0.25) is 0 Å². The summed E-state index contributed by atoms with van der Waals surface area (Å²) < 4.78 is 0. The molecule has 0 saturated carbocycles. The van der Waals surface area contributed by atoms with Crippen molar-refractivity contribution in [1.82, 2.24) is 4.98 Å². The number of nitrogens with zero attached hydrogens (tertiary/aromatic N) is 1. The molecule has 0 spiro atoms. The van der Waals surface area contributed by atoms with Gasteiger partial charge in [0.05, 0.1) is 12.2 Å². The summed E-state index contributed by atoms with van der Waals surface area (Å²) in [7, 11) is 0. The van der Waals surface area contributed by atoms with E-state index >= 15 is 0 Å². The van der Waals surface area contributed by atoms with Crippen molar-refractivity contribution in [2.24, 2.45) is 0 Å². The summed E-state index contributed by atoms with van der Waals surface area (Å²) in [6, 6.07) is 1.44. The quantitative estimate of drug-likeness (QED) is 0.675. The Morgan fingerprint density at radius 1 is 1.67 bits per heavy atom. The Bertz CT molecular complexity index is 309. The smallest absolute Gasteiger partial charge is 0.336 e. The Balaban J connectivity index is 3.21. The van der Waals surface area contributed by atoms with Gasteiger partial charge < -0.3 is 10.2 Å². The van der Waals surface area contributed by atoms with Crippen LogP contribution in [0.3, 0.4) is 0 Å². The van der Waals surface area contributed by atoms with Crippen molar-refractivity contribution in [3.63, 3.8) is 0 Å². The zero-order valence-electron chi connectivity index (χ0n) is 6.61. The lowest BCUT2D eigenvalue weighted by Crippen LogP contribution is -2.04. The number of hydrogen-bond donors (Lipinski definition) is 2. The van der Waals surface area contributed by atoms with Crippen molar-refractivity contribution in [3.05, 3.63) is 29.1 Å². The van der Waals surface area contributed by atoms with Gasteiger partial charge in [0.1, 0.15) is 0 Å². The minimum absolute atomic E-state index is 0.116. The molecule has 0 saturated heterocycles. The summed E-state index contributed by atoms with van der Waals surface area (Å²) in [5, 5.41) is 17.4. The molecule has 1 heterocycles. The number of pyridine rings is 1. The molecule has 2 N–H and O–H groups in total. The fourth-order valence-electron chi connectivity index (χ4n) is 0.913. The number of aliphatic hydroxyl groups is 1. The molecule has 0 bridgehead atoms. The molecule has 1 rings (SSSR count). The first-order valence-electron chi connectivity index (χ1n) is 3.45. The topological polar surface area (TPSA) is 70.4 Å². The van der Waals surface area contributed by atoms with Crippen molar-refractivity contribution in [2.75, 3.05) is 0 Å². The average Bonchev–Trinajstić information content (AvgIpc) is 2.04. The first-order valence-corrected chi connectivity index (χ1v) is 3.45. The molecule has 0 unspecified atom stereocenters. The molecular formula is C8H9NO3. The second-order valence-electron chi connectivity index (χ2n) is 2.45. The van der Waals surface area contributed by atoms with Crippen molar-refractivity contribution in [1.29, 1.82) is 0 Å². The summed E-state index contributed by atoms with van der Waals surface area (Å²) >= 11 is 0. The van der Waals surface area contributed by atoms with Gasteiger partial charge in [-0.2, -0.15) is 0 Å². The Kier molecular flexibility index (Phi) is 2.40. The van der Waals surface area contributed by atoms with Gasteiger partial charge >= 0.3 is 5.97 Å². The van der Waals surface area contributed by atoms with E-state index in [0.717, 1.165) is 0 Å². The number of carbonyl (C=O) groups is 1. The van der Waals surface area contributed by atoms with E-state index in [4.69, 9.17) is 10.2 Å². The zero-order valence-corrected chi connectivity index (χ0v) is 6.61. The standard InChI is InChI=1S/C8H9NO3/c1-5-2-7(8(11)12)6(4-10)3-9-5/h2-3,10H,4H2,1H3,(H,11,12). The van der Waals surface area contributed by atoms with E-state index in [9.17, 15) is 4.79 Å². The van der Waals surface area contributed by atoms with E-state index in [2.05, 4.69) is 4.98 Å². The van der Waals surface area contributed by atoms with Crippen LogP contribution < -0.4 is 0 Å². The molecule has 0 atom stereocenters. The maximum absolute atomic E-state index is 10.6. The molecule has 0 aliphatic heterocycles. The second kappa shape index (κ2) is 3.32. The summed E-state index contributed by atoms with van der Waals surface area (Å²) in [5.41, 5.74) is 1.09. The normalized spacial score (nSPS) is 9.83. The van der Waals surface area contributed by atoms with E-state index in [1.807, 2.05) is 0 Å². The van der Waals surface area contributed by atoms with Crippen LogP contribution in [0.5, 0.6) is 0 Å². The monoisotopic (exact) mass is 167 g/mol. The number of aromatic carboxylic acids is 1. The van der Waals surface area contributed by atoms with Gasteiger partial charge in [-0.15, -0.1) is 0 Å². The molecule has 0 radical (unpaired) electrons. The van der Waals surface area contributed by atoms with Crippen LogP contribution in [0.15, 0.2) is 12.3 Å². The fourth-order valence-corrected chi connectivity index (χ4v) is 0.913. The highest BCUT2D eigenvalue weighted by Gasteiger charge is 2.09. The molecule has 64 valence electrons. The van der Waals surface area contributed by atoms with Gasteiger partial charge in [0.25, 0.3) is 0 Å². The molecule has 0 amide bonds. The molecule has 0 aliphatic carbocycles. The Morgan fingerprint density at radius 3 is 2.83 bits per heavy atom. The minimum atomic E-state index is -1.04. The van der Waals surface area contributed by atoms with Crippen molar-refractivity contribution >= 4 is 5.97 Å². The molecule has 1 aromatic heterocycles. The van der Waals surface area contributed by atoms with Gasteiger partial charge in [-0.1, -0.05) is 0 Å². The Morgan fingerprint density at radius 2 is 2.33 bits per heavy atom. The highest BCUT2D eigenvalue weighted by molar-refractivity contribution is 5.89. The van der Waals surface area contributed by atoms with Crippen LogP contribution in [0.25, 0.3) is 0 Å². The fraction of sp³-hybridized carbons (Fsp3) is 0.250. The number of aliphatic hydroxyl groups excluding tert-OH is 1. The summed E-state index contributed by atoms with van der Waals surface area (Å²) in [5.74, 6) is -1.04. The highest BCUT2D eigenvalue weighted by atomic mass is 16.4. The number of carboxylic acids is 1. The predicted molar refractivity (Wildman–Crippen MR) is 41.9 cm³/mol. The van der Waals surface area contributed by atoms with Crippen molar-refractivity contribution in [2.45, 2.75) is 13.5 Å². The number of aromatic nitrogens is 1. The van der Waals surface area contributed by atoms with Gasteiger partial charge in [-0.05, 0) is 13.0 Å². The van der Waals surface area contributed by atoms with Gasteiger partial charge in [0.15, 0.2) is 0 Å². The SMILES string of the molecule is Cc1cc(C(=O)O)c(CO)cn1. The lowest BCUT2D eigenvalue weighted by molar-refractivity contribution is 0.0693. The number of rotatable bonds is 2. The van der Waals surface area contributed by atoms with Crippen LogP contribution in [0, 0.1) is 6.92 Å². The Labute approximate surface area is 69.5 Å². The predicted octanol–water partition coefficient (Wildman–Crippen LogP) is 0.581. The van der Waals surface area contributed by atoms with Crippen LogP contribution >= 0.6 is 0 Å². The first kappa shape index (κ1) is 8.67. The molecule has 4 nitrogen and oxygen atoms in total. The van der Waals surface area contributed by atoms with E-state index in [1.54, 1.807) is 6.92 Å². The molecule has 4 heteroatoms. The van der Waals surface area contributed by atoms with E-state index in [-0.39, 0.29) is 12.2 Å². The lowest BCUT2D eigenvalue weighted by Gasteiger charge is -2.02.